The Morgan fingerprint density at radius 3 is 2.83 bits per heavy atom. The molecular formula is C18H29ClN2O2. The van der Waals surface area contributed by atoms with Crippen molar-refractivity contribution in [3.8, 4) is 5.75 Å². The summed E-state index contributed by atoms with van der Waals surface area (Å²) in [6.45, 7) is 7.35. The molecular weight excluding hydrogens is 312 g/mol. The number of nitrogens with two attached hydrogens (primary N) is 1. The molecule has 0 aromatic heterocycles. The molecule has 0 aliphatic carbocycles. The smallest absolute Gasteiger partial charge is 0.226 e. The molecule has 2 rings (SSSR count). The number of ether oxygens (including phenoxy) is 1. The van der Waals surface area contributed by atoms with Crippen molar-refractivity contribution in [3.05, 3.63) is 29.3 Å². The lowest BCUT2D eigenvalue weighted by molar-refractivity contribution is -0.135. The number of piperidine rings is 1. The van der Waals surface area contributed by atoms with Crippen molar-refractivity contribution < 1.29 is 9.53 Å². The fourth-order valence-corrected chi connectivity index (χ4v) is 3.09. The van der Waals surface area contributed by atoms with Gasteiger partial charge in [-0.05, 0) is 57.2 Å². The Bertz CT molecular complexity index is 520. The molecule has 2 atom stereocenters. The average molecular weight is 341 g/mol. The molecule has 1 aromatic rings. The second-order valence-electron chi connectivity index (χ2n) is 6.31. The van der Waals surface area contributed by atoms with Crippen molar-refractivity contribution in [2.75, 3.05) is 13.2 Å². The van der Waals surface area contributed by atoms with E-state index >= 15 is 0 Å². The van der Waals surface area contributed by atoms with Gasteiger partial charge in [-0.2, -0.15) is 0 Å². The Kier molecular flexibility index (Phi) is 7.86. The van der Waals surface area contributed by atoms with Crippen molar-refractivity contribution >= 4 is 18.3 Å². The highest BCUT2D eigenvalue weighted by molar-refractivity contribution is 5.85. The van der Waals surface area contributed by atoms with Crippen molar-refractivity contribution in [1.29, 1.82) is 0 Å². The molecule has 1 saturated heterocycles. The number of carbonyl (C=O) groups is 1. The Morgan fingerprint density at radius 1 is 1.39 bits per heavy atom. The summed E-state index contributed by atoms with van der Waals surface area (Å²) in [5, 5.41) is 0. The standard InChI is InChI=1S/C18H28N2O2.ClH/c1-13-7-6-9-17(14(13)2)22-12-10-18(21)20-11-5-4-8-16(20)15(3)19;/h6-7,9,15-16H,4-5,8,10-12,19H2,1-3H3;1H. The lowest BCUT2D eigenvalue weighted by atomic mass is 9.96. The van der Waals surface area contributed by atoms with Crippen LogP contribution in [0.2, 0.25) is 0 Å². The zero-order valence-corrected chi connectivity index (χ0v) is 15.2. The summed E-state index contributed by atoms with van der Waals surface area (Å²) in [5.41, 5.74) is 8.37. The first-order chi connectivity index (χ1) is 10.5. The molecule has 0 radical (unpaired) electrons. The maximum absolute atomic E-state index is 12.4. The number of benzene rings is 1. The molecule has 1 aliphatic heterocycles. The van der Waals surface area contributed by atoms with E-state index in [1.54, 1.807) is 0 Å². The van der Waals surface area contributed by atoms with Crippen LogP contribution in [0.25, 0.3) is 0 Å². The van der Waals surface area contributed by atoms with Crippen LogP contribution in [0, 0.1) is 13.8 Å². The summed E-state index contributed by atoms with van der Waals surface area (Å²) in [6, 6.07) is 6.22. The van der Waals surface area contributed by atoms with Gasteiger partial charge < -0.3 is 15.4 Å². The minimum absolute atomic E-state index is 0. The first kappa shape index (κ1) is 19.8. The summed E-state index contributed by atoms with van der Waals surface area (Å²) < 4.78 is 5.80. The molecule has 1 aliphatic rings. The quantitative estimate of drug-likeness (QED) is 0.895. The van der Waals surface area contributed by atoms with E-state index in [9.17, 15) is 4.79 Å². The van der Waals surface area contributed by atoms with Crippen LogP contribution in [0.3, 0.4) is 0 Å². The molecule has 2 unspecified atom stereocenters. The number of nitrogens with zero attached hydrogens (tertiary/aromatic N) is 1. The summed E-state index contributed by atoms with van der Waals surface area (Å²) in [6.07, 6.45) is 3.67. The largest absolute Gasteiger partial charge is 0.493 e. The maximum Gasteiger partial charge on any atom is 0.226 e. The van der Waals surface area contributed by atoms with E-state index in [1.165, 1.54) is 5.56 Å². The van der Waals surface area contributed by atoms with Gasteiger partial charge in [0.05, 0.1) is 13.0 Å². The highest BCUT2D eigenvalue weighted by Gasteiger charge is 2.28. The average Bonchev–Trinajstić information content (AvgIpc) is 2.51. The molecule has 23 heavy (non-hydrogen) atoms. The fourth-order valence-electron chi connectivity index (χ4n) is 3.09. The van der Waals surface area contributed by atoms with Crippen LogP contribution in [-0.2, 0) is 4.79 Å². The molecule has 0 bridgehead atoms. The van der Waals surface area contributed by atoms with Gasteiger partial charge in [0.1, 0.15) is 5.75 Å². The lowest BCUT2D eigenvalue weighted by Crippen LogP contribution is -2.51. The van der Waals surface area contributed by atoms with Gasteiger partial charge in [0, 0.05) is 18.6 Å². The molecule has 1 fully saturated rings. The van der Waals surface area contributed by atoms with Gasteiger partial charge in [-0.25, -0.2) is 0 Å². The molecule has 2 N–H and O–H groups in total. The molecule has 5 heteroatoms. The number of rotatable bonds is 5. The monoisotopic (exact) mass is 340 g/mol. The first-order valence-corrected chi connectivity index (χ1v) is 8.24. The van der Waals surface area contributed by atoms with Gasteiger partial charge in [-0.15, -0.1) is 12.4 Å². The molecule has 0 saturated carbocycles. The van der Waals surface area contributed by atoms with Crippen molar-refractivity contribution in [3.63, 3.8) is 0 Å². The number of carbonyl (C=O) groups excluding carboxylic acids is 1. The van der Waals surface area contributed by atoms with Crippen molar-refractivity contribution in [2.45, 2.75) is 58.5 Å². The first-order valence-electron chi connectivity index (χ1n) is 8.24. The van der Waals surface area contributed by atoms with Gasteiger partial charge in [0.25, 0.3) is 0 Å². The maximum atomic E-state index is 12.4. The molecule has 4 nitrogen and oxygen atoms in total. The third-order valence-corrected chi connectivity index (χ3v) is 4.60. The molecule has 1 amide bonds. The van der Waals surface area contributed by atoms with Crippen LogP contribution >= 0.6 is 12.4 Å². The number of aryl methyl sites for hydroxylation is 1. The summed E-state index contributed by atoms with van der Waals surface area (Å²) >= 11 is 0. The highest BCUT2D eigenvalue weighted by atomic mass is 35.5. The van der Waals surface area contributed by atoms with Crippen LogP contribution in [0.15, 0.2) is 18.2 Å². The fraction of sp³-hybridized carbons (Fsp3) is 0.611. The van der Waals surface area contributed by atoms with E-state index in [-0.39, 0.29) is 30.4 Å². The Morgan fingerprint density at radius 2 is 2.13 bits per heavy atom. The summed E-state index contributed by atoms with van der Waals surface area (Å²) in [4.78, 5) is 14.4. The summed E-state index contributed by atoms with van der Waals surface area (Å²) in [7, 11) is 0. The van der Waals surface area contributed by atoms with Gasteiger partial charge in [-0.3, -0.25) is 4.79 Å². The Hall–Kier alpha value is -1.26. The minimum atomic E-state index is 0. The third kappa shape index (κ3) is 5.11. The minimum Gasteiger partial charge on any atom is -0.493 e. The molecule has 130 valence electrons. The molecule has 0 spiro atoms. The Balaban J connectivity index is 0.00000264. The van der Waals surface area contributed by atoms with Crippen LogP contribution in [-0.4, -0.2) is 36.0 Å². The van der Waals surface area contributed by atoms with Gasteiger partial charge in [-0.1, -0.05) is 12.1 Å². The predicted octanol–water partition coefficient (Wildman–Crippen LogP) is 3.22. The van der Waals surface area contributed by atoms with Crippen LogP contribution in [0.4, 0.5) is 0 Å². The van der Waals surface area contributed by atoms with E-state index in [0.717, 1.165) is 37.1 Å². The van der Waals surface area contributed by atoms with Gasteiger partial charge >= 0.3 is 0 Å². The third-order valence-electron chi connectivity index (χ3n) is 4.60. The lowest BCUT2D eigenvalue weighted by Gasteiger charge is -2.38. The number of hydrogen-bond acceptors (Lipinski definition) is 3. The highest BCUT2D eigenvalue weighted by Crippen LogP contribution is 2.22. The Labute approximate surface area is 145 Å². The van der Waals surface area contributed by atoms with Crippen LogP contribution < -0.4 is 10.5 Å². The number of hydrogen-bond donors (Lipinski definition) is 1. The van der Waals surface area contributed by atoms with Crippen LogP contribution in [0.5, 0.6) is 5.75 Å². The van der Waals surface area contributed by atoms with Crippen molar-refractivity contribution in [1.82, 2.24) is 4.90 Å². The van der Waals surface area contributed by atoms with E-state index in [2.05, 4.69) is 13.0 Å². The van der Waals surface area contributed by atoms with Gasteiger partial charge in [0.2, 0.25) is 5.91 Å². The van der Waals surface area contributed by atoms with E-state index < -0.39 is 0 Å². The summed E-state index contributed by atoms with van der Waals surface area (Å²) in [5.74, 6) is 1.03. The number of likely N-dealkylation sites (tertiary alicyclic amines) is 1. The predicted molar refractivity (Wildman–Crippen MR) is 96.3 cm³/mol. The SMILES string of the molecule is Cc1cccc(OCCC(=O)N2CCCCC2C(C)N)c1C.Cl. The van der Waals surface area contributed by atoms with E-state index in [0.29, 0.717) is 13.0 Å². The normalized spacial score (nSPS) is 19.0. The van der Waals surface area contributed by atoms with Gasteiger partial charge in [0.15, 0.2) is 0 Å². The molecule has 1 aromatic carbocycles. The second kappa shape index (κ2) is 9.14. The van der Waals surface area contributed by atoms with E-state index in [1.807, 2.05) is 30.9 Å². The molecule has 1 heterocycles. The zero-order chi connectivity index (χ0) is 16.1. The van der Waals surface area contributed by atoms with Crippen LogP contribution in [0.1, 0.15) is 43.7 Å². The second-order valence-corrected chi connectivity index (χ2v) is 6.31. The zero-order valence-electron chi connectivity index (χ0n) is 14.4. The number of halogens is 1. The topological polar surface area (TPSA) is 55.6 Å². The van der Waals surface area contributed by atoms with E-state index in [4.69, 9.17) is 10.5 Å². The number of amides is 1. The van der Waals surface area contributed by atoms with Crippen molar-refractivity contribution in [2.24, 2.45) is 5.73 Å².